The van der Waals surface area contributed by atoms with Crippen LogP contribution in [0.25, 0.3) is 21.9 Å². The number of carbonyl (C=O) groups is 2. The van der Waals surface area contributed by atoms with Crippen molar-refractivity contribution in [3.8, 4) is 5.88 Å². The van der Waals surface area contributed by atoms with E-state index < -0.39 is 5.97 Å². The van der Waals surface area contributed by atoms with E-state index in [4.69, 9.17) is 9.73 Å². The minimum atomic E-state index is -0.477. The lowest BCUT2D eigenvalue weighted by molar-refractivity contribution is -0.116. The SMILES string of the molecule is COC(=O)c1ccc2c(C(=Nc3ccc(N(CCN(C)C)C(C)=O)cc3)c3ccc4nccnc4c3)c(O)[nH]c2c1. The zero-order valence-electron chi connectivity index (χ0n) is 23.3. The number of hydrogen-bond donors (Lipinski definition) is 2. The van der Waals surface area contributed by atoms with Crippen LogP contribution < -0.4 is 4.90 Å². The summed E-state index contributed by atoms with van der Waals surface area (Å²) in [5, 5.41) is 11.8. The van der Waals surface area contributed by atoms with Gasteiger partial charge in [0.15, 0.2) is 5.88 Å². The molecule has 2 heterocycles. The highest BCUT2D eigenvalue weighted by molar-refractivity contribution is 6.22. The Morgan fingerprint density at radius 2 is 1.63 bits per heavy atom. The number of methoxy groups -OCH3 is 1. The summed E-state index contributed by atoms with van der Waals surface area (Å²) in [6, 6.07) is 18.0. The molecule has 5 aromatic rings. The second kappa shape index (κ2) is 11.6. The lowest BCUT2D eigenvalue weighted by atomic mass is 9.99. The van der Waals surface area contributed by atoms with Gasteiger partial charge in [-0.1, -0.05) is 12.1 Å². The average molecular weight is 551 g/mol. The number of amides is 1. The number of ether oxygens (including phenoxy) is 1. The minimum absolute atomic E-state index is 0.0453. The molecule has 5 rings (SSSR count). The summed E-state index contributed by atoms with van der Waals surface area (Å²) in [6.45, 7) is 2.84. The van der Waals surface area contributed by atoms with E-state index in [2.05, 4.69) is 15.0 Å². The molecule has 0 atom stereocenters. The van der Waals surface area contributed by atoms with Gasteiger partial charge in [0.2, 0.25) is 5.91 Å². The lowest BCUT2D eigenvalue weighted by Gasteiger charge is -2.23. The summed E-state index contributed by atoms with van der Waals surface area (Å²) in [7, 11) is 5.25. The average Bonchev–Trinajstić information content (AvgIpc) is 3.30. The zero-order chi connectivity index (χ0) is 29.1. The molecule has 0 radical (unpaired) electrons. The van der Waals surface area contributed by atoms with E-state index in [-0.39, 0.29) is 11.8 Å². The van der Waals surface area contributed by atoms with Gasteiger partial charge in [-0.15, -0.1) is 0 Å². The molecule has 10 heteroatoms. The summed E-state index contributed by atoms with van der Waals surface area (Å²) in [5.74, 6) is -0.617. The zero-order valence-corrected chi connectivity index (χ0v) is 23.3. The molecule has 2 N–H and O–H groups in total. The quantitative estimate of drug-likeness (QED) is 0.212. The normalized spacial score (nSPS) is 11.8. The summed E-state index contributed by atoms with van der Waals surface area (Å²) >= 11 is 0. The largest absolute Gasteiger partial charge is 0.494 e. The number of fused-ring (bicyclic) bond motifs is 2. The van der Waals surface area contributed by atoms with Gasteiger partial charge < -0.3 is 24.6 Å². The van der Waals surface area contributed by atoms with Crippen LogP contribution in [0.4, 0.5) is 11.4 Å². The van der Waals surface area contributed by atoms with Gasteiger partial charge in [-0.25, -0.2) is 9.79 Å². The molecule has 1 amide bonds. The van der Waals surface area contributed by atoms with Crippen molar-refractivity contribution in [1.29, 1.82) is 0 Å². The number of anilines is 1. The highest BCUT2D eigenvalue weighted by Crippen LogP contribution is 2.33. The highest BCUT2D eigenvalue weighted by Gasteiger charge is 2.21. The predicted molar refractivity (Wildman–Crippen MR) is 159 cm³/mol. The van der Waals surface area contributed by atoms with Crippen molar-refractivity contribution in [3.05, 3.63) is 89.7 Å². The van der Waals surface area contributed by atoms with Gasteiger partial charge in [-0.2, -0.15) is 0 Å². The Bertz CT molecular complexity index is 1780. The van der Waals surface area contributed by atoms with E-state index in [0.29, 0.717) is 51.1 Å². The van der Waals surface area contributed by atoms with Crippen LogP contribution in [-0.2, 0) is 9.53 Å². The first-order valence-corrected chi connectivity index (χ1v) is 13.0. The summed E-state index contributed by atoms with van der Waals surface area (Å²) in [5.41, 5.74) is 5.40. The molecule has 2 aromatic heterocycles. The van der Waals surface area contributed by atoms with Crippen molar-refractivity contribution in [1.82, 2.24) is 19.9 Å². The van der Waals surface area contributed by atoms with Crippen LogP contribution in [-0.4, -0.2) is 76.8 Å². The summed E-state index contributed by atoms with van der Waals surface area (Å²) < 4.78 is 4.85. The number of aromatic amines is 1. The lowest BCUT2D eigenvalue weighted by Crippen LogP contribution is -2.35. The van der Waals surface area contributed by atoms with E-state index in [1.54, 1.807) is 42.4 Å². The fourth-order valence-corrected chi connectivity index (χ4v) is 4.65. The standard InChI is InChI=1S/C31H30N6O4/c1-19(38)37(16-15-36(2)3)23-9-7-22(8-10-23)34-29(20-6-12-25-27(17-20)33-14-13-32-25)28-24-11-5-21(31(40)41-4)18-26(24)35-30(28)39/h5-14,17-18,35,39H,15-16H2,1-4H3. The Hall–Kier alpha value is -5.09. The fourth-order valence-electron chi connectivity index (χ4n) is 4.65. The molecule has 208 valence electrons. The van der Waals surface area contributed by atoms with Crippen molar-refractivity contribution >= 4 is 50.9 Å². The van der Waals surface area contributed by atoms with Crippen LogP contribution in [0.3, 0.4) is 0 Å². The number of carbonyl (C=O) groups excluding carboxylic acids is 2. The van der Waals surface area contributed by atoms with Crippen LogP contribution in [0, 0.1) is 0 Å². The van der Waals surface area contributed by atoms with Crippen LogP contribution in [0.2, 0.25) is 0 Å². The Balaban J connectivity index is 1.63. The van der Waals surface area contributed by atoms with Gasteiger partial charge >= 0.3 is 5.97 Å². The number of aromatic hydroxyl groups is 1. The molecule has 0 aliphatic heterocycles. The molecule has 0 saturated carbocycles. The van der Waals surface area contributed by atoms with E-state index in [1.807, 2.05) is 61.5 Å². The maximum absolute atomic E-state index is 12.3. The smallest absolute Gasteiger partial charge is 0.337 e. The number of nitrogens with one attached hydrogen (secondary N) is 1. The maximum Gasteiger partial charge on any atom is 0.337 e. The number of aliphatic imine (C=N–C) groups is 1. The van der Waals surface area contributed by atoms with Crippen LogP contribution in [0.1, 0.15) is 28.4 Å². The third-order valence-corrected chi connectivity index (χ3v) is 6.73. The number of likely N-dealkylation sites (N-methyl/N-ethyl adjacent to an activating group) is 1. The molecule has 0 spiro atoms. The molecule has 0 aliphatic rings. The first-order chi connectivity index (χ1) is 19.7. The number of hydrogen-bond acceptors (Lipinski definition) is 8. The number of nitrogens with zero attached hydrogens (tertiary/aromatic N) is 5. The molecule has 0 bridgehead atoms. The number of esters is 1. The van der Waals surface area contributed by atoms with Crippen molar-refractivity contribution in [2.75, 3.05) is 39.2 Å². The molecular formula is C31H30N6O4. The molecule has 0 fully saturated rings. The van der Waals surface area contributed by atoms with Crippen molar-refractivity contribution in [2.45, 2.75) is 6.92 Å². The molecule has 0 saturated heterocycles. The van der Waals surface area contributed by atoms with Crippen LogP contribution in [0.15, 0.2) is 78.0 Å². The molecule has 0 unspecified atom stereocenters. The third-order valence-electron chi connectivity index (χ3n) is 6.73. The molecule has 0 aliphatic carbocycles. The van der Waals surface area contributed by atoms with E-state index in [0.717, 1.165) is 17.7 Å². The topological polar surface area (TPSA) is 124 Å². The fraction of sp³-hybridized carbons (Fsp3) is 0.194. The van der Waals surface area contributed by atoms with Crippen molar-refractivity contribution < 1.29 is 19.4 Å². The Labute approximate surface area is 236 Å². The Morgan fingerprint density at radius 1 is 0.927 bits per heavy atom. The van der Waals surface area contributed by atoms with E-state index in [9.17, 15) is 14.7 Å². The van der Waals surface area contributed by atoms with Crippen molar-refractivity contribution in [3.63, 3.8) is 0 Å². The predicted octanol–water partition coefficient (Wildman–Crippen LogP) is 4.69. The molecule has 10 nitrogen and oxygen atoms in total. The van der Waals surface area contributed by atoms with E-state index >= 15 is 0 Å². The van der Waals surface area contributed by atoms with Gasteiger partial charge in [-0.3, -0.25) is 14.8 Å². The number of aromatic nitrogens is 3. The van der Waals surface area contributed by atoms with Gasteiger partial charge in [0.1, 0.15) is 0 Å². The highest BCUT2D eigenvalue weighted by atomic mass is 16.5. The van der Waals surface area contributed by atoms with Gasteiger partial charge in [0.25, 0.3) is 0 Å². The Morgan fingerprint density at radius 3 is 2.32 bits per heavy atom. The van der Waals surface area contributed by atoms with Gasteiger partial charge in [-0.05, 0) is 62.6 Å². The number of benzene rings is 3. The summed E-state index contributed by atoms with van der Waals surface area (Å²) in [4.78, 5) is 44.9. The molecule has 3 aromatic carbocycles. The first kappa shape index (κ1) is 27.5. The number of H-pyrrole nitrogens is 1. The second-order valence-electron chi connectivity index (χ2n) is 9.81. The van der Waals surface area contributed by atoms with Crippen LogP contribution in [0.5, 0.6) is 5.88 Å². The molecular weight excluding hydrogens is 520 g/mol. The summed E-state index contributed by atoms with van der Waals surface area (Å²) in [6.07, 6.45) is 3.25. The van der Waals surface area contributed by atoms with Crippen LogP contribution >= 0.6 is 0 Å². The van der Waals surface area contributed by atoms with E-state index in [1.165, 1.54) is 7.11 Å². The third kappa shape index (κ3) is 5.78. The Kier molecular flexibility index (Phi) is 7.75. The van der Waals surface area contributed by atoms with Crippen molar-refractivity contribution in [2.24, 2.45) is 4.99 Å². The van der Waals surface area contributed by atoms with Gasteiger partial charge in [0, 0.05) is 54.6 Å². The van der Waals surface area contributed by atoms with Gasteiger partial charge in [0.05, 0.1) is 40.7 Å². The monoisotopic (exact) mass is 550 g/mol. The second-order valence-corrected chi connectivity index (χ2v) is 9.81. The maximum atomic E-state index is 12.3. The minimum Gasteiger partial charge on any atom is -0.494 e. The molecule has 41 heavy (non-hydrogen) atoms. The first-order valence-electron chi connectivity index (χ1n) is 13.0. The number of rotatable bonds is 8.